The second-order valence-corrected chi connectivity index (χ2v) is 4.34. The zero-order valence-corrected chi connectivity index (χ0v) is 9.27. The molecule has 0 bridgehead atoms. The molecule has 0 aromatic carbocycles. The van der Waals surface area contributed by atoms with Crippen molar-refractivity contribution in [3.8, 4) is 0 Å². The normalized spacial score (nSPS) is 37.9. The van der Waals surface area contributed by atoms with Crippen LogP contribution < -0.4 is 0 Å². The fourth-order valence-corrected chi connectivity index (χ4v) is 2.03. The Morgan fingerprint density at radius 1 is 1.47 bits per heavy atom. The van der Waals surface area contributed by atoms with Gasteiger partial charge >= 0.3 is 0 Å². The monoisotopic (exact) mass is 214 g/mol. The third-order valence-electron chi connectivity index (χ3n) is 2.58. The average Bonchev–Trinajstić information content (AvgIpc) is 2.63. The van der Waals surface area contributed by atoms with E-state index in [4.69, 9.17) is 18.9 Å². The number of hydrogen-bond acceptors (Lipinski definition) is 4. The summed E-state index contributed by atoms with van der Waals surface area (Å²) >= 11 is 0. The standard InChI is InChI=1S/C11H18O4/c1-4-5-12-6-8-10-9(7-13-8)14-11(2,3)15-10/h4,8-10H,1,5-7H2,2-3H3. The van der Waals surface area contributed by atoms with Crippen LogP contribution >= 0.6 is 0 Å². The molecule has 0 aromatic heterocycles. The molecule has 4 heteroatoms. The van der Waals surface area contributed by atoms with Crippen molar-refractivity contribution >= 4 is 0 Å². The molecule has 2 aliphatic heterocycles. The zero-order chi connectivity index (χ0) is 10.9. The molecule has 3 atom stereocenters. The van der Waals surface area contributed by atoms with E-state index in [2.05, 4.69) is 6.58 Å². The van der Waals surface area contributed by atoms with Gasteiger partial charge in [0.1, 0.15) is 18.3 Å². The molecule has 0 aliphatic carbocycles. The lowest BCUT2D eigenvalue weighted by Crippen LogP contribution is -2.33. The van der Waals surface area contributed by atoms with Gasteiger partial charge < -0.3 is 18.9 Å². The molecule has 86 valence electrons. The summed E-state index contributed by atoms with van der Waals surface area (Å²) in [7, 11) is 0. The first kappa shape index (κ1) is 11.1. The van der Waals surface area contributed by atoms with Gasteiger partial charge in [0, 0.05) is 0 Å². The van der Waals surface area contributed by atoms with Crippen molar-refractivity contribution in [2.24, 2.45) is 0 Å². The molecule has 0 N–H and O–H groups in total. The Morgan fingerprint density at radius 3 is 3.00 bits per heavy atom. The van der Waals surface area contributed by atoms with Crippen molar-refractivity contribution in [1.29, 1.82) is 0 Å². The quantitative estimate of drug-likeness (QED) is 0.519. The molecule has 0 spiro atoms. The molecule has 2 aliphatic rings. The maximum Gasteiger partial charge on any atom is 0.164 e. The first-order valence-electron chi connectivity index (χ1n) is 5.28. The second-order valence-electron chi connectivity index (χ2n) is 4.34. The molecule has 0 aromatic rings. The van der Waals surface area contributed by atoms with Crippen LogP contribution in [0.3, 0.4) is 0 Å². The van der Waals surface area contributed by atoms with E-state index >= 15 is 0 Å². The summed E-state index contributed by atoms with van der Waals surface area (Å²) in [5.41, 5.74) is 0. The summed E-state index contributed by atoms with van der Waals surface area (Å²) in [6.45, 7) is 9.11. The predicted octanol–water partition coefficient (Wildman–Crippen LogP) is 1.11. The van der Waals surface area contributed by atoms with Crippen LogP contribution in [-0.2, 0) is 18.9 Å². The van der Waals surface area contributed by atoms with Gasteiger partial charge in [-0.1, -0.05) is 6.08 Å². The SMILES string of the molecule is C=CCOCC1OCC2OC(C)(C)OC12. The van der Waals surface area contributed by atoms with Crippen LogP contribution in [0.4, 0.5) is 0 Å². The topological polar surface area (TPSA) is 36.9 Å². The number of hydrogen-bond donors (Lipinski definition) is 0. The van der Waals surface area contributed by atoms with E-state index < -0.39 is 5.79 Å². The Bertz CT molecular complexity index is 239. The molecular weight excluding hydrogens is 196 g/mol. The van der Waals surface area contributed by atoms with Crippen molar-refractivity contribution in [3.63, 3.8) is 0 Å². The highest BCUT2D eigenvalue weighted by molar-refractivity contribution is 4.92. The fraction of sp³-hybridized carbons (Fsp3) is 0.818. The third kappa shape index (κ3) is 2.39. The summed E-state index contributed by atoms with van der Waals surface area (Å²) in [5.74, 6) is -0.490. The molecule has 2 rings (SSSR count). The minimum absolute atomic E-state index is 0.00446. The first-order chi connectivity index (χ1) is 7.12. The summed E-state index contributed by atoms with van der Waals surface area (Å²) in [6.07, 6.45) is 1.77. The molecule has 4 nitrogen and oxygen atoms in total. The van der Waals surface area contributed by atoms with Crippen LogP contribution in [-0.4, -0.2) is 43.9 Å². The summed E-state index contributed by atoms with van der Waals surface area (Å²) in [5, 5.41) is 0. The Kier molecular flexibility index (Phi) is 3.11. The minimum atomic E-state index is -0.490. The molecule has 0 amide bonds. The lowest BCUT2D eigenvalue weighted by Gasteiger charge is -2.21. The fourth-order valence-electron chi connectivity index (χ4n) is 2.03. The summed E-state index contributed by atoms with van der Waals surface area (Å²) < 4.78 is 22.4. The lowest BCUT2D eigenvalue weighted by molar-refractivity contribution is -0.179. The highest BCUT2D eigenvalue weighted by Crippen LogP contribution is 2.35. The highest BCUT2D eigenvalue weighted by atomic mass is 16.8. The van der Waals surface area contributed by atoms with Gasteiger partial charge in [-0.3, -0.25) is 0 Å². The van der Waals surface area contributed by atoms with Gasteiger partial charge in [-0.25, -0.2) is 0 Å². The Balaban J connectivity index is 1.85. The van der Waals surface area contributed by atoms with E-state index in [0.29, 0.717) is 19.8 Å². The maximum atomic E-state index is 5.76. The zero-order valence-electron chi connectivity index (χ0n) is 9.27. The van der Waals surface area contributed by atoms with Crippen molar-refractivity contribution in [1.82, 2.24) is 0 Å². The Hall–Kier alpha value is -0.420. The predicted molar refractivity (Wildman–Crippen MR) is 54.6 cm³/mol. The van der Waals surface area contributed by atoms with E-state index in [0.717, 1.165) is 0 Å². The molecule has 15 heavy (non-hydrogen) atoms. The number of fused-ring (bicyclic) bond motifs is 1. The lowest BCUT2D eigenvalue weighted by atomic mass is 10.2. The van der Waals surface area contributed by atoms with E-state index in [1.165, 1.54) is 0 Å². The van der Waals surface area contributed by atoms with Crippen molar-refractivity contribution < 1.29 is 18.9 Å². The van der Waals surface area contributed by atoms with Gasteiger partial charge in [0.2, 0.25) is 0 Å². The van der Waals surface area contributed by atoms with Crippen LogP contribution in [0, 0.1) is 0 Å². The van der Waals surface area contributed by atoms with Gasteiger partial charge in [0.05, 0.1) is 19.8 Å². The molecule has 0 radical (unpaired) electrons. The average molecular weight is 214 g/mol. The van der Waals surface area contributed by atoms with E-state index in [9.17, 15) is 0 Å². The smallest absolute Gasteiger partial charge is 0.164 e. The van der Waals surface area contributed by atoms with Crippen LogP contribution in [0.1, 0.15) is 13.8 Å². The number of rotatable bonds is 4. The largest absolute Gasteiger partial charge is 0.375 e. The van der Waals surface area contributed by atoms with Crippen molar-refractivity contribution in [2.45, 2.75) is 37.9 Å². The van der Waals surface area contributed by atoms with Crippen LogP contribution in [0.5, 0.6) is 0 Å². The molecule has 2 saturated heterocycles. The highest BCUT2D eigenvalue weighted by Gasteiger charge is 2.49. The van der Waals surface area contributed by atoms with E-state index in [-0.39, 0.29) is 18.3 Å². The van der Waals surface area contributed by atoms with Gasteiger partial charge in [-0.2, -0.15) is 0 Å². The van der Waals surface area contributed by atoms with E-state index in [1.807, 2.05) is 13.8 Å². The van der Waals surface area contributed by atoms with E-state index in [1.54, 1.807) is 6.08 Å². The molecule has 0 saturated carbocycles. The molecular formula is C11H18O4. The number of ether oxygens (including phenoxy) is 4. The van der Waals surface area contributed by atoms with Gasteiger partial charge in [0.15, 0.2) is 5.79 Å². The Morgan fingerprint density at radius 2 is 2.27 bits per heavy atom. The maximum absolute atomic E-state index is 5.76. The molecule has 2 fully saturated rings. The summed E-state index contributed by atoms with van der Waals surface area (Å²) in [6, 6.07) is 0. The molecule has 2 heterocycles. The van der Waals surface area contributed by atoms with Crippen molar-refractivity contribution in [3.05, 3.63) is 12.7 Å². The summed E-state index contributed by atoms with van der Waals surface area (Å²) in [4.78, 5) is 0. The van der Waals surface area contributed by atoms with Crippen LogP contribution in [0.15, 0.2) is 12.7 Å². The minimum Gasteiger partial charge on any atom is -0.375 e. The Labute approximate surface area is 90.1 Å². The van der Waals surface area contributed by atoms with Gasteiger partial charge in [-0.05, 0) is 13.8 Å². The second kappa shape index (κ2) is 4.22. The third-order valence-corrected chi connectivity index (χ3v) is 2.58. The molecule has 3 unspecified atom stereocenters. The van der Waals surface area contributed by atoms with Crippen molar-refractivity contribution in [2.75, 3.05) is 19.8 Å². The van der Waals surface area contributed by atoms with Gasteiger partial charge in [0.25, 0.3) is 0 Å². The van der Waals surface area contributed by atoms with Crippen LogP contribution in [0.2, 0.25) is 0 Å². The van der Waals surface area contributed by atoms with Crippen LogP contribution in [0.25, 0.3) is 0 Å². The first-order valence-corrected chi connectivity index (χ1v) is 5.28. The van der Waals surface area contributed by atoms with Gasteiger partial charge in [-0.15, -0.1) is 6.58 Å².